The Morgan fingerprint density at radius 1 is 1.62 bits per heavy atom. The van der Waals surface area contributed by atoms with Crippen LogP contribution in [0.3, 0.4) is 0 Å². The summed E-state index contributed by atoms with van der Waals surface area (Å²) < 4.78 is 5.24. The highest BCUT2D eigenvalue weighted by molar-refractivity contribution is 5.57. The molecule has 0 saturated heterocycles. The number of aromatic nitrogens is 2. The molecule has 0 aliphatic heterocycles. The highest BCUT2D eigenvalue weighted by Gasteiger charge is 2.12. The first-order valence-electron chi connectivity index (χ1n) is 4.10. The average Bonchev–Trinajstić information content (AvgIpc) is 2.71. The molecule has 0 radical (unpaired) electrons. The summed E-state index contributed by atoms with van der Waals surface area (Å²) in [5.41, 5.74) is 8.41. The van der Waals surface area contributed by atoms with Gasteiger partial charge in [-0.3, -0.25) is 5.10 Å². The Morgan fingerprint density at radius 2 is 2.46 bits per heavy atom. The van der Waals surface area contributed by atoms with Gasteiger partial charge in [0.1, 0.15) is 5.69 Å². The van der Waals surface area contributed by atoms with E-state index in [0.29, 0.717) is 6.54 Å². The summed E-state index contributed by atoms with van der Waals surface area (Å²) >= 11 is 0. The van der Waals surface area contributed by atoms with Gasteiger partial charge in [0.05, 0.1) is 6.26 Å². The average molecular weight is 177 g/mol. The summed E-state index contributed by atoms with van der Waals surface area (Å²) in [6.45, 7) is 2.42. The Kier molecular flexibility index (Phi) is 1.90. The van der Waals surface area contributed by atoms with Crippen LogP contribution in [0.15, 0.2) is 22.8 Å². The Bertz CT molecular complexity index is 389. The number of nitrogens with zero attached hydrogens (tertiary/aromatic N) is 1. The normalized spacial score (nSPS) is 10.6. The van der Waals surface area contributed by atoms with Gasteiger partial charge in [-0.15, -0.1) is 0 Å². The van der Waals surface area contributed by atoms with E-state index in [0.717, 1.165) is 22.7 Å². The molecule has 13 heavy (non-hydrogen) atoms. The van der Waals surface area contributed by atoms with Crippen LogP contribution in [0, 0.1) is 6.92 Å². The van der Waals surface area contributed by atoms with Gasteiger partial charge in [-0.05, 0) is 19.1 Å². The number of aryl methyl sites for hydroxylation is 1. The van der Waals surface area contributed by atoms with E-state index in [2.05, 4.69) is 10.2 Å². The van der Waals surface area contributed by atoms with Crippen molar-refractivity contribution in [1.82, 2.24) is 10.2 Å². The van der Waals surface area contributed by atoms with Crippen LogP contribution in [0.5, 0.6) is 0 Å². The summed E-state index contributed by atoms with van der Waals surface area (Å²) in [5.74, 6) is 0.754. The number of hydrogen-bond donors (Lipinski definition) is 2. The van der Waals surface area contributed by atoms with Crippen molar-refractivity contribution in [2.24, 2.45) is 5.73 Å². The van der Waals surface area contributed by atoms with Crippen LogP contribution in [0.25, 0.3) is 11.5 Å². The fraction of sp³-hybridized carbons (Fsp3) is 0.222. The van der Waals surface area contributed by atoms with Crippen molar-refractivity contribution in [2.75, 3.05) is 0 Å². The third kappa shape index (κ3) is 1.25. The molecule has 0 unspecified atom stereocenters. The number of hydrogen-bond acceptors (Lipinski definition) is 3. The van der Waals surface area contributed by atoms with E-state index in [9.17, 15) is 0 Å². The van der Waals surface area contributed by atoms with Crippen molar-refractivity contribution in [3.8, 4) is 11.5 Å². The molecule has 0 aliphatic rings. The van der Waals surface area contributed by atoms with Gasteiger partial charge >= 0.3 is 0 Å². The van der Waals surface area contributed by atoms with Gasteiger partial charge in [-0.1, -0.05) is 0 Å². The zero-order valence-corrected chi connectivity index (χ0v) is 7.37. The molecule has 0 atom stereocenters. The zero-order chi connectivity index (χ0) is 9.26. The lowest BCUT2D eigenvalue weighted by Gasteiger charge is -1.95. The lowest BCUT2D eigenvalue weighted by molar-refractivity contribution is 0.579. The highest BCUT2D eigenvalue weighted by Crippen LogP contribution is 2.23. The number of furan rings is 1. The van der Waals surface area contributed by atoms with Crippen LogP contribution in [0.2, 0.25) is 0 Å². The SMILES string of the molecule is Cc1[nH]nc(-c2ccco2)c1CN. The molecule has 2 rings (SSSR count). The van der Waals surface area contributed by atoms with E-state index in [1.54, 1.807) is 6.26 Å². The monoisotopic (exact) mass is 177 g/mol. The standard InChI is InChI=1S/C9H11N3O/c1-6-7(5-10)9(12-11-6)8-3-2-4-13-8/h2-4H,5,10H2,1H3,(H,11,12). The maximum atomic E-state index is 5.60. The molecule has 0 bridgehead atoms. The summed E-state index contributed by atoms with van der Waals surface area (Å²) in [6, 6.07) is 3.70. The first-order chi connectivity index (χ1) is 6.33. The summed E-state index contributed by atoms with van der Waals surface area (Å²) in [6.07, 6.45) is 1.62. The van der Waals surface area contributed by atoms with Crippen LogP contribution in [0.1, 0.15) is 11.3 Å². The molecule has 68 valence electrons. The van der Waals surface area contributed by atoms with Crippen molar-refractivity contribution in [3.05, 3.63) is 29.7 Å². The fourth-order valence-electron chi connectivity index (χ4n) is 1.32. The molecule has 2 heterocycles. The molecule has 0 amide bonds. The van der Waals surface area contributed by atoms with Crippen molar-refractivity contribution >= 4 is 0 Å². The minimum atomic E-state index is 0.471. The van der Waals surface area contributed by atoms with Gasteiger partial charge in [0.2, 0.25) is 0 Å². The predicted molar refractivity (Wildman–Crippen MR) is 48.9 cm³/mol. The number of nitrogens with two attached hydrogens (primary N) is 1. The van der Waals surface area contributed by atoms with Gasteiger partial charge in [-0.2, -0.15) is 5.10 Å². The van der Waals surface area contributed by atoms with E-state index < -0.39 is 0 Å². The van der Waals surface area contributed by atoms with E-state index in [4.69, 9.17) is 10.2 Å². The molecular weight excluding hydrogens is 166 g/mol. The minimum Gasteiger partial charge on any atom is -0.463 e. The molecule has 3 N–H and O–H groups in total. The van der Waals surface area contributed by atoms with Gasteiger partial charge in [0.15, 0.2) is 5.76 Å². The van der Waals surface area contributed by atoms with Crippen LogP contribution in [-0.4, -0.2) is 10.2 Å². The van der Waals surface area contributed by atoms with Gasteiger partial charge in [0.25, 0.3) is 0 Å². The molecular formula is C9H11N3O. The van der Waals surface area contributed by atoms with Gasteiger partial charge in [0, 0.05) is 17.8 Å². The second-order valence-electron chi connectivity index (χ2n) is 2.86. The molecule has 0 aliphatic carbocycles. The topological polar surface area (TPSA) is 67.8 Å². The smallest absolute Gasteiger partial charge is 0.154 e. The number of aromatic amines is 1. The second-order valence-corrected chi connectivity index (χ2v) is 2.86. The first-order valence-corrected chi connectivity index (χ1v) is 4.10. The molecule has 0 spiro atoms. The fourth-order valence-corrected chi connectivity index (χ4v) is 1.32. The van der Waals surface area contributed by atoms with Crippen molar-refractivity contribution in [2.45, 2.75) is 13.5 Å². The molecule has 2 aromatic heterocycles. The molecule has 0 fully saturated rings. The lowest BCUT2D eigenvalue weighted by Crippen LogP contribution is -1.98. The van der Waals surface area contributed by atoms with Gasteiger partial charge < -0.3 is 10.2 Å². The molecule has 0 saturated carbocycles. The van der Waals surface area contributed by atoms with Gasteiger partial charge in [-0.25, -0.2) is 0 Å². The number of rotatable bonds is 2. The van der Waals surface area contributed by atoms with Crippen LogP contribution in [0.4, 0.5) is 0 Å². The largest absolute Gasteiger partial charge is 0.463 e. The molecule has 4 nitrogen and oxygen atoms in total. The third-order valence-electron chi connectivity index (χ3n) is 2.03. The summed E-state index contributed by atoms with van der Waals surface area (Å²) in [4.78, 5) is 0. The van der Waals surface area contributed by atoms with E-state index in [1.807, 2.05) is 19.1 Å². The van der Waals surface area contributed by atoms with Crippen LogP contribution < -0.4 is 5.73 Å². The van der Waals surface area contributed by atoms with Crippen molar-refractivity contribution in [1.29, 1.82) is 0 Å². The lowest BCUT2D eigenvalue weighted by atomic mass is 10.1. The Hall–Kier alpha value is -1.55. The van der Waals surface area contributed by atoms with E-state index in [-0.39, 0.29) is 0 Å². The number of H-pyrrole nitrogens is 1. The van der Waals surface area contributed by atoms with Crippen molar-refractivity contribution in [3.63, 3.8) is 0 Å². The predicted octanol–water partition coefficient (Wildman–Crippen LogP) is 1.44. The molecule has 4 heteroatoms. The van der Waals surface area contributed by atoms with Crippen LogP contribution in [-0.2, 0) is 6.54 Å². The summed E-state index contributed by atoms with van der Waals surface area (Å²) in [7, 11) is 0. The van der Waals surface area contributed by atoms with Crippen LogP contribution >= 0.6 is 0 Å². The third-order valence-corrected chi connectivity index (χ3v) is 2.03. The Labute approximate surface area is 75.7 Å². The maximum Gasteiger partial charge on any atom is 0.154 e. The summed E-state index contributed by atoms with van der Waals surface area (Å²) in [5, 5.41) is 7.02. The molecule has 0 aromatic carbocycles. The Balaban J connectivity index is 2.52. The number of nitrogens with one attached hydrogen (secondary N) is 1. The molecule has 2 aromatic rings. The van der Waals surface area contributed by atoms with E-state index >= 15 is 0 Å². The van der Waals surface area contributed by atoms with Crippen molar-refractivity contribution < 1.29 is 4.42 Å². The maximum absolute atomic E-state index is 5.60. The minimum absolute atomic E-state index is 0.471. The second kappa shape index (κ2) is 3.06. The first kappa shape index (κ1) is 8.07. The zero-order valence-electron chi connectivity index (χ0n) is 7.37. The van der Waals surface area contributed by atoms with E-state index in [1.165, 1.54) is 0 Å². The quantitative estimate of drug-likeness (QED) is 0.729. The Morgan fingerprint density at radius 3 is 3.08 bits per heavy atom. The highest BCUT2D eigenvalue weighted by atomic mass is 16.3.